The van der Waals surface area contributed by atoms with Crippen LogP contribution in [-0.2, 0) is 10.2 Å². The van der Waals surface area contributed by atoms with E-state index in [1.807, 2.05) is 46.3 Å². The van der Waals surface area contributed by atoms with E-state index < -0.39 is 0 Å². The summed E-state index contributed by atoms with van der Waals surface area (Å²) < 4.78 is 5.75. The lowest BCUT2D eigenvalue weighted by atomic mass is 9.67. The summed E-state index contributed by atoms with van der Waals surface area (Å²) in [5.41, 5.74) is 5.55. The zero-order chi connectivity index (χ0) is 28.4. The fourth-order valence-electron chi connectivity index (χ4n) is 5.41. The summed E-state index contributed by atoms with van der Waals surface area (Å²) in [5.74, 6) is 1.56. The van der Waals surface area contributed by atoms with E-state index >= 15 is 0 Å². The van der Waals surface area contributed by atoms with Crippen molar-refractivity contribution in [1.82, 2.24) is 19.9 Å². The van der Waals surface area contributed by atoms with Gasteiger partial charge in [-0.1, -0.05) is 13.0 Å². The van der Waals surface area contributed by atoms with Crippen molar-refractivity contribution in [3.8, 4) is 5.75 Å². The Morgan fingerprint density at radius 2 is 1.95 bits per heavy atom. The van der Waals surface area contributed by atoms with Crippen LogP contribution in [0.5, 0.6) is 5.75 Å². The molecule has 1 amide bonds. The number of amides is 1. The molecule has 5 rings (SSSR count). The number of anilines is 6. The van der Waals surface area contributed by atoms with Crippen LogP contribution in [0, 0.1) is 6.92 Å². The number of fused-ring (bicyclic) bond motifs is 2. The third-order valence-corrected chi connectivity index (χ3v) is 7.80. The molecule has 2 aliphatic rings. The fourth-order valence-corrected chi connectivity index (χ4v) is 5.41. The van der Waals surface area contributed by atoms with E-state index in [9.17, 15) is 4.79 Å². The number of nitrogens with zero attached hydrogens (tertiary/aromatic N) is 6. The minimum Gasteiger partial charge on any atom is -0.494 e. The summed E-state index contributed by atoms with van der Waals surface area (Å²) in [6.45, 7) is 8.13. The second kappa shape index (κ2) is 11.1. The first-order valence-corrected chi connectivity index (χ1v) is 13.6. The average molecular weight is 543 g/mol. The molecule has 0 atom stereocenters. The maximum atomic E-state index is 12.3. The highest BCUT2D eigenvalue weighted by atomic mass is 16.5. The summed E-state index contributed by atoms with van der Waals surface area (Å²) in [7, 11) is 7.67. The van der Waals surface area contributed by atoms with Crippen LogP contribution < -0.4 is 25.2 Å². The minimum atomic E-state index is -0.293. The van der Waals surface area contributed by atoms with E-state index in [0.717, 1.165) is 55.4 Å². The molecule has 3 heterocycles. The molecule has 0 unspecified atom stereocenters. The molecule has 210 valence electrons. The summed E-state index contributed by atoms with van der Waals surface area (Å²) in [6.07, 6.45) is 6.54. The van der Waals surface area contributed by atoms with Crippen molar-refractivity contribution in [2.45, 2.75) is 31.6 Å². The Morgan fingerprint density at radius 3 is 2.62 bits per heavy atom. The van der Waals surface area contributed by atoms with Gasteiger partial charge in [-0.2, -0.15) is 4.98 Å². The lowest BCUT2D eigenvalue weighted by Crippen LogP contribution is -2.38. The van der Waals surface area contributed by atoms with Crippen molar-refractivity contribution >= 4 is 40.4 Å². The monoisotopic (exact) mass is 542 g/mol. The molecule has 3 aromatic rings. The number of rotatable bonds is 10. The lowest BCUT2D eigenvalue weighted by molar-refractivity contribution is -0.111. The van der Waals surface area contributed by atoms with Crippen molar-refractivity contribution in [2.75, 3.05) is 68.3 Å². The molecule has 1 spiro atoms. The predicted molar refractivity (Wildman–Crippen MR) is 160 cm³/mol. The molecule has 10 nitrogen and oxygen atoms in total. The van der Waals surface area contributed by atoms with Crippen LogP contribution in [0.15, 0.2) is 49.2 Å². The molecular formula is C30H38N8O2. The lowest BCUT2D eigenvalue weighted by Gasteiger charge is -2.38. The highest BCUT2D eigenvalue weighted by Crippen LogP contribution is 2.53. The van der Waals surface area contributed by atoms with Crippen LogP contribution in [0.2, 0.25) is 0 Å². The Kier molecular flexibility index (Phi) is 7.62. The standard InChI is InChI=1S/C30H38N8O2/c1-7-27(39)33-21-17-22(25(40-6)18-24(21)37(5)16-15-36(3)4)34-29-31-14-11-26(35-29)38-19-30(12-8-13-30)28-23(38)10-9-20(2)32-28/h7,9-11,14,17-18H,1,8,12-13,15-16,19H2,2-6H3,(H,33,39)(H,31,34,35). The fraction of sp³-hybridized carbons (Fsp3) is 0.400. The zero-order valence-electron chi connectivity index (χ0n) is 24.0. The Morgan fingerprint density at radius 1 is 1.15 bits per heavy atom. The summed E-state index contributed by atoms with van der Waals surface area (Å²) in [6, 6.07) is 9.90. The van der Waals surface area contributed by atoms with Gasteiger partial charge in [-0.3, -0.25) is 9.78 Å². The first-order chi connectivity index (χ1) is 19.2. The molecule has 1 aliphatic heterocycles. The number of nitrogens with one attached hydrogen (secondary N) is 2. The van der Waals surface area contributed by atoms with Crippen LogP contribution in [-0.4, -0.2) is 73.6 Å². The van der Waals surface area contributed by atoms with Gasteiger partial charge in [0.25, 0.3) is 0 Å². The second-order valence-corrected chi connectivity index (χ2v) is 10.9. The molecule has 1 aromatic carbocycles. The smallest absolute Gasteiger partial charge is 0.247 e. The Hall–Kier alpha value is -4.18. The van der Waals surface area contributed by atoms with Gasteiger partial charge in [0.05, 0.1) is 35.6 Å². The van der Waals surface area contributed by atoms with Crippen LogP contribution in [0.3, 0.4) is 0 Å². The third-order valence-electron chi connectivity index (χ3n) is 7.80. The van der Waals surface area contributed by atoms with Gasteiger partial charge in [0.15, 0.2) is 0 Å². The molecule has 1 saturated carbocycles. The van der Waals surface area contributed by atoms with Crippen molar-refractivity contribution in [1.29, 1.82) is 0 Å². The quantitative estimate of drug-likeness (QED) is 0.355. The van der Waals surface area contributed by atoms with Gasteiger partial charge in [0, 0.05) is 50.1 Å². The number of methoxy groups -OCH3 is 1. The summed E-state index contributed by atoms with van der Waals surface area (Å²) >= 11 is 0. The molecular weight excluding hydrogens is 504 g/mol. The van der Waals surface area contributed by atoms with Gasteiger partial charge in [-0.25, -0.2) is 4.98 Å². The normalized spacial score (nSPS) is 15.0. The van der Waals surface area contributed by atoms with Gasteiger partial charge in [0.2, 0.25) is 11.9 Å². The Balaban J connectivity index is 1.46. The Bertz CT molecular complexity index is 1420. The average Bonchev–Trinajstić information content (AvgIpc) is 3.27. The predicted octanol–water partition coefficient (Wildman–Crippen LogP) is 4.63. The Labute approximate surface area is 236 Å². The molecule has 40 heavy (non-hydrogen) atoms. The van der Waals surface area contributed by atoms with Crippen LogP contribution in [0.1, 0.15) is 30.7 Å². The van der Waals surface area contributed by atoms with Crippen LogP contribution in [0.25, 0.3) is 0 Å². The minimum absolute atomic E-state index is 0.107. The number of ether oxygens (including phenoxy) is 1. The second-order valence-electron chi connectivity index (χ2n) is 10.9. The topological polar surface area (TPSA) is 98.8 Å². The number of pyridine rings is 1. The number of carbonyl (C=O) groups excluding carboxylic acids is 1. The molecule has 0 radical (unpaired) electrons. The number of hydrogen-bond donors (Lipinski definition) is 2. The molecule has 1 fully saturated rings. The van der Waals surface area contributed by atoms with Crippen molar-refractivity contribution in [3.05, 3.63) is 60.6 Å². The van der Waals surface area contributed by atoms with Gasteiger partial charge < -0.3 is 30.1 Å². The maximum Gasteiger partial charge on any atom is 0.247 e. The van der Waals surface area contributed by atoms with E-state index in [1.54, 1.807) is 13.3 Å². The number of aromatic nitrogens is 3. The number of likely N-dealkylation sites (N-methyl/N-ethyl adjacent to an activating group) is 2. The van der Waals surface area contributed by atoms with Crippen molar-refractivity contribution in [3.63, 3.8) is 0 Å². The number of carbonyl (C=O) groups is 1. The molecule has 0 bridgehead atoms. The summed E-state index contributed by atoms with van der Waals surface area (Å²) in [5, 5.41) is 6.26. The van der Waals surface area contributed by atoms with E-state index in [-0.39, 0.29) is 11.3 Å². The maximum absolute atomic E-state index is 12.3. The largest absolute Gasteiger partial charge is 0.494 e. The van der Waals surface area contributed by atoms with Gasteiger partial charge in [-0.15, -0.1) is 0 Å². The highest BCUT2D eigenvalue weighted by molar-refractivity contribution is 6.02. The van der Waals surface area contributed by atoms with E-state index in [2.05, 4.69) is 49.0 Å². The molecule has 2 aromatic heterocycles. The van der Waals surface area contributed by atoms with Gasteiger partial charge in [-0.05, 0) is 64.2 Å². The highest BCUT2D eigenvalue weighted by Gasteiger charge is 2.49. The van der Waals surface area contributed by atoms with Crippen LogP contribution >= 0.6 is 0 Å². The van der Waals surface area contributed by atoms with E-state index in [1.165, 1.54) is 18.2 Å². The number of aryl methyl sites for hydroxylation is 1. The van der Waals surface area contributed by atoms with E-state index in [0.29, 0.717) is 23.1 Å². The molecule has 10 heteroatoms. The first kappa shape index (κ1) is 27.4. The van der Waals surface area contributed by atoms with E-state index in [4.69, 9.17) is 14.7 Å². The number of benzene rings is 1. The summed E-state index contributed by atoms with van der Waals surface area (Å²) in [4.78, 5) is 33.1. The third kappa shape index (κ3) is 5.31. The van der Waals surface area contributed by atoms with Crippen molar-refractivity contribution in [2.24, 2.45) is 0 Å². The molecule has 2 N–H and O–H groups in total. The van der Waals surface area contributed by atoms with Gasteiger partial charge >= 0.3 is 0 Å². The van der Waals surface area contributed by atoms with Crippen LogP contribution in [0.4, 0.5) is 34.5 Å². The van der Waals surface area contributed by atoms with Crippen molar-refractivity contribution < 1.29 is 9.53 Å². The number of hydrogen-bond acceptors (Lipinski definition) is 9. The molecule has 1 aliphatic carbocycles. The molecule has 0 saturated heterocycles. The SMILES string of the molecule is C=CC(=O)Nc1cc(Nc2nccc(N3CC4(CCC4)c4nc(C)ccc43)n2)c(OC)cc1N(C)CCN(C)C. The first-order valence-electron chi connectivity index (χ1n) is 13.6. The zero-order valence-corrected chi connectivity index (χ0v) is 24.0. The van der Waals surface area contributed by atoms with Gasteiger partial charge in [0.1, 0.15) is 11.6 Å².